The molecule has 0 saturated carbocycles. The van der Waals surface area contributed by atoms with E-state index in [1.807, 2.05) is 0 Å². The maximum absolute atomic E-state index is 13.1. The lowest BCUT2D eigenvalue weighted by atomic mass is 9.95. The van der Waals surface area contributed by atoms with Crippen molar-refractivity contribution in [3.05, 3.63) is 77.1 Å². The van der Waals surface area contributed by atoms with Crippen LogP contribution >= 0.6 is 11.3 Å². The number of hydrogen-bond donors (Lipinski definition) is 2. The standard InChI is InChI=1S/C23H21FN4O3S/c24-18-5-1-17(2-6-18)22(31)28-12-9-16(10-13-28)20(29)26-19-7-3-15(4-8-19)21(30)27-23-25-11-14-32-23/h1-8,11,14,16H,9-10,12-13H2,(H,26,29)(H,25,27,30). The fourth-order valence-corrected chi connectivity index (χ4v) is 4.05. The van der Waals surface area contributed by atoms with Gasteiger partial charge in [0.1, 0.15) is 5.82 Å². The van der Waals surface area contributed by atoms with Crippen LogP contribution in [-0.2, 0) is 4.79 Å². The van der Waals surface area contributed by atoms with Crippen molar-refractivity contribution < 1.29 is 18.8 Å². The first kappa shape index (κ1) is 21.6. The zero-order valence-electron chi connectivity index (χ0n) is 17.1. The molecule has 2 N–H and O–H groups in total. The minimum absolute atomic E-state index is 0.112. The van der Waals surface area contributed by atoms with Crippen molar-refractivity contribution in [2.45, 2.75) is 12.8 Å². The SMILES string of the molecule is O=C(Nc1nccs1)c1ccc(NC(=O)C2CCN(C(=O)c3ccc(F)cc3)CC2)cc1. The van der Waals surface area contributed by atoms with Gasteiger partial charge in [-0.05, 0) is 61.4 Å². The third-order valence-electron chi connectivity index (χ3n) is 5.31. The first-order valence-corrected chi connectivity index (χ1v) is 11.0. The summed E-state index contributed by atoms with van der Waals surface area (Å²) in [5, 5.41) is 7.89. The van der Waals surface area contributed by atoms with Gasteiger partial charge in [-0.25, -0.2) is 9.37 Å². The third kappa shape index (κ3) is 5.17. The Morgan fingerprint density at radius 1 is 0.938 bits per heavy atom. The highest BCUT2D eigenvalue weighted by Crippen LogP contribution is 2.22. The average molecular weight is 453 g/mol. The van der Waals surface area contributed by atoms with E-state index in [0.29, 0.717) is 47.9 Å². The first-order chi connectivity index (χ1) is 15.5. The summed E-state index contributed by atoms with van der Waals surface area (Å²) < 4.78 is 13.1. The predicted octanol–water partition coefficient (Wildman–Crippen LogP) is 4.03. The van der Waals surface area contributed by atoms with E-state index >= 15 is 0 Å². The molecule has 0 bridgehead atoms. The maximum Gasteiger partial charge on any atom is 0.257 e. The Hall–Kier alpha value is -3.59. The van der Waals surface area contributed by atoms with Gasteiger partial charge in [-0.15, -0.1) is 11.3 Å². The second-order valence-corrected chi connectivity index (χ2v) is 8.33. The smallest absolute Gasteiger partial charge is 0.257 e. The molecule has 0 radical (unpaired) electrons. The van der Waals surface area contributed by atoms with E-state index in [0.717, 1.165) is 0 Å². The number of amides is 3. The number of rotatable bonds is 5. The van der Waals surface area contributed by atoms with Gasteiger partial charge >= 0.3 is 0 Å². The van der Waals surface area contributed by atoms with Gasteiger partial charge in [0.25, 0.3) is 11.8 Å². The average Bonchev–Trinajstić information content (AvgIpc) is 3.33. The van der Waals surface area contributed by atoms with Crippen LogP contribution in [0.1, 0.15) is 33.6 Å². The second-order valence-electron chi connectivity index (χ2n) is 7.43. The van der Waals surface area contributed by atoms with Crippen molar-refractivity contribution in [2.24, 2.45) is 5.92 Å². The number of thiazole rings is 1. The molecule has 1 aromatic heterocycles. The zero-order valence-corrected chi connectivity index (χ0v) is 17.9. The first-order valence-electron chi connectivity index (χ1n) is 10.2. The van der Waals surface area contributed by atoms with Crippen molar-refractivity contribution in [2.75, 3.05) is 23.7 Å². The number of anilines is 2. The lowest BCUT2D eigenvalue weighted by Crippen LogP contribution is -2.41. The van der Waals surface area contributed by atoms with Crippen LogP contribution in [0.4, 0.5) is 15.2 Å². The zero-order chi connectivity index (χ0) is 22.5. The number of carbonyl (C=O) groups excluding carboxylic acids is 3. The number of halogens is 1. The molecule has 2 heterocycles. The quantitative estimate of drug-likeness (QED) is 0.612. The lowest BCUT2D eigenvalue weighted by molar-refractivity contribution is -0.121. The Kier molecular flexibility index (Phi) is 6.55. The number of hydrogen-bond acceptors (Lipinski definition) is 5. The van der Waals surface area contributed by atoms with Crippen molar-refractivity contribution >= 4 is 39.9 Å². The summed E-state index contributed by atoms with van der Waals surface area (Å²) in [6.45, 7) is 0.925. The summed E-state index contributed by atoms with van der Waals surface area (Å²) in [4.78, 5) is 43.1. The summed E-state index contributed by atoms with van der Waals surface area (Å²) in [6, 6.07) is 12.1. The highest BCUT2D eigenvalue weighted by atomic mass is 32.1. The van der Waals surface area contributed by atoms with Crippen molar-refractivity contribution in [1.29, 1.82) is 0 Å². The molecule has 7 nitrogen and oxygen atoms in total. The molecule has 0 atom stereocenters. The van der Waals surface area contributed by atoms with Crippen LogP contribution in [0.15, 0.2) is 60.1 Å². The Morgan fingerprint density at radius 2 is 1.59 bits per heavy atom. The molecule has 1 fully saturated rings. The lowest BCUT2D eigenvalue weighted by Gasteiger charge is -2.31. The molecule has 3 aromatic rings. The van der Waals surface area contributed by atoms with E-state index < -0.39 is 0 Å². The van der Waals surface area contributed by atoms with Gasteiger partial charge in [0.2, 0.25) is 5.91 Å². The van der Waals surface area contributed by atoms with Gasteiger partial charge in [0.05, 0.1) is 0 Å². The van der Waals surface area contributed by atoms with Crippen LogP contribution in [0.25, 0.3) is 0 Å². The molecule has 2 aromatic carbocycles. The molecule has 32 heavy (non-hydrogen) atoms. The Labute approximate surface area is 188 Å². The van der Waals surface area contributed by atoms with Crippen LogP contribution in [0.3, 0.4) is 0 Å². The fraction of sp³-hybridized carbons (Fsp3) is 0.217. The van der Waals surface area contributed by atoms with E-state index in [-0.39, 0.29) is 29.5 Å². The number of carbonyl (C=O) groups is 3. The van der Waals surface area contributed by atoms with Crippen molar-refractivity contribution in [1.82, 2.24) is 9.88 Å². The van der Waals surface area contributed by atoms with Crippen LogP contribution in [-0.4, -0.2) is 40.7 Å². The highest BCUT2D eigenvalue weighted by Gasteiger charge is 2.28. The fourth-order valence-electron chi connectivity index (χ4n) is 3.52. The number of nitrogens with zero attached hydrogens (tertiary/aromatic N) is 2. The van der Waals surface area contributed by atoms with Gasteiger partial charge < -0.3 is 10.2 Å². The van der Waals surface area contributed by atoms with Crippen molar-refractivity contribution in [3.63, 3.8) is 0 Å². The van der Waals surface area contributed by atoms with E-state index in [2.05, 4.69) is 15.6 Å². The molecule has 4 rings (SSSR count). The van der Waals surface area contributed by atoms with Crippen LogP contribution in [0.2, 0.25) is 0 Å². The molecule has 9 heteroatoms. The molecule has 1 aliphatic rings. The molecular formula is C23H21FN4O3S. The molecular weight excluding hydrogens is 431 g/mol. The van der Waals surface area contributed by atoms with E-state index in [9.17, 15) is 18.8 Å². The summed E-state index contributed by atoms with van der Waals surface area (Å²) in [5.74, 6) is -1.13. The predicted molar refractivity (Wildman–Crippen MR) is 120 cm³/mol. The molecule has 0 unspecified atom stereocenters. The molecule has 1 aliphatic heterocycles. The van der Waals surface area contributed by atoms with Crippen LogP contribution in [0, 0.1) is 11.7 Å². The number of piperidine rings is 1. The molecule has 0 spiro atoms. The van der Waals surface area contributed by atoms with Gasteiger partial charge in [0, 0.05) is 47.4 Å². The van der Waals surface area contributed by atoms with Gasteiger partial charge in [-0.3, -0.25) is 19.7 Å². The maximum atomic E-state index is 13.1. The Bertz CT molecular complexity index is 1090. The van der Waals surface area contributed by atoms with E-state index in [1.165, 1.54) is 35.6 Å². The number of aromatic nitrogens is 1. The second kappa shape index (κ2) is 9.69. The van der Waals surface area contributed by atoms with Crippen LogP contribution in [0.5, 0.6) is 0 Å². The van der Waals surface area contributed by atoms with Gasteiger partial charge in [0.15, 0.2) is 5.13 Å². The van der Waals surface area contributed by atoms with E-state index in [4.69, 9.17) is 0 Å². The highest BCUT2D eigenvalue weighted by molar-refractivity contribution is 7.13. The minimum Gasteiger partial charge on any atom is -0.339 e. The summed E-state index contributed by atoms with van der Waals surface area (Å²) in [7, 11) is 0. The van der Waals surface area contributed by atoms with Gasteiger partial charge in [-0.2, -0.15) is 0 Å². The summed E-state index contributed by atoms with van der Waals surface area (Å²) in [5.41, 5.74) is 1.50. The number of likely N-dealkylation sites (tertiary alicyclic amines) is 1. The monoisotopic (exact) mass is 452 g/mol. The molecule has 3 amide bonds. The van der Waals surface area contributed by atoms with Gasteiger partial charge in [-0.1, -0.05) is 0 Å². The van der Waals surface area contributed by atoms with Crippen LogP contribution < -0.4 is 10.6 Å². The molecule has 0 aliphatic carbocycles. The summed E-state index contributed by atoms with van der Waals surface area (Å²) >= 11 is 1.33. The third-order valence-corrected chi connectivity index (χ3v) is 6.00. The minimum atomic E-state index is -0.384. The Balaban J connectivity index is 1.28. The molecule has 164 valence electrons. The van der Waals surface area contributed by atoms with Crippen molar-refractivity contribution in [3.8, 4) is 0 Å². The largest absolute Gasteiger partial charge is 0.339 e. The van der Waals surface area contributed by atoms with E-state index in [1.54, 1.807) is 40.7 Å². The number of benzene rings is 2. The topological polar surface area (TPSA) is 91.4 Å². The molecule has 1 saturated heterocycles. The number of nitrogens with one attached hydrogen (secondary N) is 2. The summed E-state index contributed by atoms with van der Waals surface area (Å²) in [6.07, 6.45) is 2.71. The normalized spacial score (nSPS) is 14.1. The Morgan fingerprint density at radius 3 is 2.22 bits per heavy atom.